The molecule has 0 aliphatic carbocycles. The molecule has 4 aromatic rings. The smallest absolute Gasteiger partial charge is 0.271 e. The van der Waals surface area contributed by atoms with E-state index < -0.39 is 0 Å². The van der Waals surface area contributed by atoms with Gasteiger partial charge in [-0.25, -0.2) is 4.98 Å². The summed E-state index contributed by atoms with van der Waals surface area (Å²) in [6.07, 6.45) is 4.42. The van der Waals surface area contributed by atoms with Crippen molar-refractivity contribution in [3.8, 4) is 0 Å². The first-order valence-electron chi connectivity index (χ1n) is 10.1. The summed E-state index contributed by atoms with van der Waals surface area (Å²) in [5.74, 6) is -0.0585. The Morgan fingerprint density at radius 2 is 1.77 bits per heavy atom. The van der Waals surface area contributed by atoms with Crippen molar-refractivity contribution in [1.29, 1.82) is 0 Å². The number of imidazole rings is 1. The lowest BCUT2D eigenvalue weighted by atomic mass is 10.2. The maximum absolute atomic E-state index is 13.3. The molecule has 5 rings (SSSR count). The molecule has 0 spiro atoms. The number of carbonyl (C=O) groups excluding carboxylic acids is 1. The number of aromatic nitrogens is 2. The van der Waals surface area contributed by atoms with E-state index in [1.54, 1.807) is 11.2 Å². The predicted molar refractivity (Wildman–Crippen MR) is 128 cm³/mol. The first-order valence-corrected chi connectivity index (χ1v) is 10.9. The van der Waals surface area contributed by atoms with Crippen LogP contribution in [0.25, 0.3) is 17.1 Å². The van der Waals surface area contributed by atoms with Gasteiger partial charge >= 0.3 is 0 Å². The molecule has 1 fully saturated rings. The summed E-state index contributed by atoms with van der Waals surface area (Å²) in [6, 6.07) is 25.9. The maximum Gasteiger partial charge on any atom is 0.271 e. The van der Waals surface area contributed by atoms with E-state index in [0.717, 1.165) is 28.7 Å². The summed E-state index contributed by atoms with van der Waals surface area (Å²) < 4.78 is 0. The highest BCUT2D eigenvalue weighted by atomic mass is 32.2. The topological polar surface area (TPSA) is 61.4 Å². The molecule has 1 aliphatic heterocycles. The number of H-pyrrole nitrogens is 1. The van der Waals surface area contributed by atoms with Crippen LogP contribution in [0.4, 0.5) is 5.69 Å². The number of nitrogens with zero attached hydrogens (tertiary/aromatic N) is 3. The zero-order valence-corrected chi connectivity index (χ0v) is 17.5. The van der Waals surface area contributed by atoms with Crippen LogP contribution in [0.1, 0.15) is 11.1 Å². The van der Waals surface area contributed by atoms with E-state index in [4.69, 9.17) is 4.99 Å². The van der Waals surface area contributed by atoms with Crippen LogP contribution < -0.4 is 4.90 Å². The molecule has 5 nitrogen and oxygen atoms in total. The van der Waals surface area contributed by atoms with Crippen LogP contribution in [0.15, 0.2) is 95.1 Å². The molecule has 0 unspecified atom stereocenters. The number of aliphatic imine (C=N–C) groups is 1. The van der Waals surface area contributed by atoms with Gasteiger partial charge in [0.15, 0.2) is 5.17 Å². The van der Waals surface area contributed by atoms with Crippen LogP contribution in [0.5, 0.6) is 0 Å². The summed E-state index contributed by atoms with van der Waals surface area (Å²) in [7, 11) is 0. The molecule has 1 aliphatic rings. The quantitative estimate of drug-likeness (QED) is 0.443. The minimum absolute atomic E-state index is 0.0585. The third kappa shape index (κ3) is 4.15. The van der Waals surface area contributed by atoms with Gasteiger partial charge in [0.05, 0.1) is 28.0 Å². The molecular weight excluding hydrogens is 404 g/mol. The lowest BCUT2D eigenvalue weighted by Crippen LogP contribution is -2.29. The number of hydrogen-bond donors (Lipinski definition) is 1. The summed E-state index contributed by atoms with van der Waals surface area (Å²) in [5, 5.41) is 0.708. The average Bonchev–Trinajstić information content (AvgIpc) is 3.39. The van der Waals surface area contributed by atoms with Crippen molar-refractivity contribution < 1.29 is 4.79 Å². The highest BCUT2D eigenvalue weighted by molar-refractivity contribution is 8.19. The van der Waals surface area contributed by atoms with Crippen molar-refractivity contribution >= 4 is 45.6 Å². The van der Waals surface area contributed by atoms with Crippen molar-refractivity contribution in [3.63, 3.8) is 0 Å². The fourth-order valence-electron chi connectivity index (χ4n) is 3.50. The van der Waals surface area contributed by atoms with E-state index in [9.17, 15) is 4.79 Å². The molecule has 31 heavy (non-hydrogen) atoms. The number of hydrogen-bond acceptors (Lipinski definition) is 4. The normalized spacial score (nSPS) is 16.6. The number of para-hydroxylation sites is 1. The van der Waals surface area contributed by atoms with Crippen molar-refractivity contribution in [1.82, 2.24) is 9.97 Å². The third-order valence-corrected chi connectivity index (χ3v) is 6.06. The number of aromatic amines is 1. The Morgan fingerprint density at radius 3 is 2.58 bits per heavy atom. The second kappa shape index (κ2) is 8.62. The maximum atomic E-state index is 13.3. The Bertz CT molecular complexity index is 1280. The SMILES string of the molecule is O=C1C(=Cc2ccc3[nH]cnc3c2)SC(=NCCc2ccccc2)N1c1ccccc1. The fraction of sp³-hybridized carbons (Fsp3) is 0.0800. The molecule has 1 aromatic heterocycles. The van der Waals surface area contributed by atoms with E-state index in [-0.39, 0.29) is 5.91 Å². The van der Waals surface area contributed by atoms with Crippen LogP contribution in [-0.2, 0) is 11.2 Å². The van der Waals surface area contributed by atoms with Gasteiger partial charge in [0.1, 0.15) is 0 Å². The number of fused-ring (bicyclic) bond motifs is 1. The zero-order chi connectivity index (χ0) is 21.0. The minimum atomic E-state index is -0.0585. The third-order valence-electron chi connectivity index (χ3n) is 5.05. The first kappa shape index (κ1) is 19.3. The number of rotatable bonds is 5. The van der Waals surface area contributed by atoms with Crippen LogP contribution in [0.3, 0.4) is 0 Å². The molecule has 152 valence electrons. The van der Waals surface area contributed by atoms with Gasteiger partial charge < -0.3 is 4.98 Å². The highest BCUT2D eigenvalue weighted by Gasteiger charge is 2.34. The zero-order valence-electron chi connectivity index (χ0n) is 16.7. The van der Waals surface area contributed by atoms with Gasteiger partial charge in [0.25, 0.3) is 5.91 Å². The molecule has 0 radical (unpaired) electrons. The van der Waals surface area contributed by atoms with Gasteiger partial charge in [-0.1, -0.05) is 54.6 Å². The highest BCUT2D eigenvalue weighted by Crippen LogP contribution is 2.36. The van der Waals surface area contributed by atoms with E-state index in [0.29, 0.717) is 16.6 Å². The van der Waals surface area contributed by atoms with E-state index in [2.05, 4.69) is 22.1 Å². The number of benzene rings is 3. The second-order valence-corrected chi connectivity index (χ2v) is 8.17. The molecule has 2 heterocycles. The monoisotopic (exact) mass is 424 g/mol. The number of amides is 1. The van der Waals surface area contributed by atoms with Crippen molar-refractivity contribution in [2.45, 2.75) is 6.42 Å². The van der Waals surface area contributed by atoms with Crippen molar-refractivity contribution in [3.05, 3.63) is 101 Å². The molecule has 1 saturated heterocycles. The molecule has 1 N–H and O–H groups in total. The Morgan fingerprint density at radius 1 is 1.00 bits per heavy atom. The molecule has 0 bridgehead atoms. The number of thioether (sulfide) groups is 1. The Hall–Kier alpha value is -3.64. The van der Waals surface area contributed by atoms with Crippen LogP contribution in [0.2, 0.25) is 0 Å². The molecule has 3 aromatic carbocycles. The number of carbonyl (C=O) groups is 1. The minimum Gasteiger partial charge on any atom is -0.345 e. The van der Waals surface area contributed by atoms with Gasteiger partial charge in [-0.05, 0) is 59.7 Å². The molecule has 6 heteroatoms. The molecule has 1 amide bonds. The standard InChI is InChI=1S/C25H20N4OS/c30-24-23(16-19-11-12-21-22(15-19)28-17-27-21)31-25(29(24)20-9-5-2-6-10-20)26-14-13-18-7-3-1-4-8-18/h1-12,15-17H,13-14H2,(H,27,28). The summed E-state index contributed by atoms with van der Waals surface area (Å²) >= 11 is 1.42. The Kier molecular flexibility index (Phi) is 5.37. The van der Waals surface area contributed by atoms with Gasteiger partial charge in [0, 0.05) is 6.54 Å². The van der Waals surface area contributed by atoms with Gasteiger partial charge in [-0.3, -0.25) is 14.7 Å². The van der Waals surface area contributed by atoms with Gasteiger partial charge in [-0.15, -0.1) is 0 Å². The number of anilines is 1. The van der Waals surface area contributed by atoms with E-state index >= 15 is 0 Å². The Labute approximate surface area is 184 Å². The second-order valence-electron chi connectivity index (χ2n) is 7.17. The van der Waals surface area contributed by atoms with Gasteiger partial charge in [-0.2, -0.15) is 0 Å². The predicted octanol–water partition coefficient (Wildman–Crippen LogP) is 5.28. The Balaban J connectivity index is 1.45. The summed E-state index contributed by atoms with van der Waals surface area (Å²) in [6.45, 7) is 0.621. The number of amidine groups is 1. The van der Waals surface area contributed by atoms with Crippen LogP contribution in [0, 0.1) is 0 Å². The average molecular weight is 425 g/mol. The molecular formula is C25H20N4OS. The largest absolute Gasteiger partial charge is 0.345 e. The fourth-order valence-corrected chi connectivity index (χ4v) is 4.50. The van der Waals surface area contributed by atoms with Crippen molar-refractivity contribution in [2.75, 3.05) is 11.4 Å². The van der Waals surface area contributed by atoms with Crippen LogP contribution in [-0.4, -0.2) is 27.6 Å². The lowest BCUT2D eigenvalue weighted by Gasteiger charge is -2.15. The van der Waals surface area contributed by atoms with Gasteiger partial charge in [0.2, 0.25) is 0 Å². The van der Waals surface area contributed by atoms with E-state index in [1.807, 2.05) is 72.8 Å². The summed E-state index contributed by atoms with van der Waals surface area (Å²) in [5.41, 5.74) is 4.84. The molecule has 0 saturated carbocycles. The molecule has 0 atom stereocenters. The van der Waals surface area contributed by atoms with Crippen molar-refractivity contribution in [2.24, 2.45) is 4.99 Å². The van der Waals surface area contributed by atoms with E-state index in [1.165, 1.54) is 17.3 Å². The lowest BCUT2D eigenvalue weighted by molar-refractivity contribution is -0.113. The van der Waals surface area contributed by atoms with Crippen LogP contribution >= 0.6 is 11.8 Å². The number of nitrogens with one attached hydrogen (secondary N) is 1. The first-order chi connectivity index (χ1) is 15.3. The summed E-state index contributed by atoms with van der Waals surface area (Å²) in [4.78, 5) is 27.8.